The smallest absolute Gasteiger partial charge is 0.119 e. The van der Waals surface area contributed by atoms with E-state index < -0.39 is 11.8 Å². The van der Waals surface area contributed by atoms with Crippen LogP contribution in [0.25, 0.3) is 10.9 Å². The Hall–Kier alpha value is -2.47. The van der Waals surface area contributed by atoms with Crippen molar-refractivity contribution in [1.29, 1.82) is 0 Å². The van der Waals surface area contributed by atoms with Gasteiger partial charge in [0, 0.05) is 36.7 Å². The lowest BCUT2D eigenvalue weighted by Gasteiger charge is -2.40. The summed E-state index contributed by atoms with van der Waals surface area (Å²) in [5.74, 6) is 0.819. The molecule has 5 heteroatoms. The Morgan fingerprint density at radius 3 is 2.59 bits per heavy atom. The monoisotopic (exact) mass is 392 g/mol. The van der Waals surface area contributed by atoms with Gasteiger partial charge >= 0.3 is 0 Å². The standard InChI is InChI=1S/C24H28N2O3/c1-18-6-8-21(9-7-18)29-15-10-23(27)26-13-11-24(28,12-14-26)20-16-19-4-2-3-5-22(19)25-17-20/h2-9,16-17,23,27-28H,10-15H2,1H3/t23-/m0/s1. The number of aliphatic hydroxyl groups excluding tert-OH is 1. The largest absolute Gasteiger partial charge is 0.493 e. The van der Waals surface area contributed by atoms with Crippen LogP contribution in [0, 0.1) is 6.92 Å². The summed E-state index contributed by atoms with van der Waals surface area (Å²) in [4.78, 5) is 6.51. The lowest BCUT2D eigenvalue weighted by molar-refractivity contribution is -0.0819. The number of benzene rings is 2. The van der Waals surface area contributed by atoms with E-state index in [0.717, 1.165) is 22.2 Å². The summed E-state index contributed by atoms with van der Waals surface area (Å²) in [6.07, 6.45) is 2.89. The van der Waals surface area contributed by atoms with E-state index in [-0.39, 0.29) is 0 Å². The lowest BCUT2D eigenvalue weighted by Crippen LogP contribution is -2.47. The van der Waals surface area contributed by atoms with Crippen molar-refractivity contribution < 1.29 is 14.9 Å². The maximum Gasteiger partial charge on any atom is 0.119 e. The van der Waals surface area contributed by atoms with Gasteiger partial charge in [-0.2, -0.15) is 0 Å². The zero-order valence-electron chi connectivity index (χ0n) is 16.8. The molecule has 1 aliphatic rings. The van der Waals surface area contributed by atoms with E-state index in [1.54, 1.807) is 6.20 Å². The molecule has 0 radical (unpaired) electrons. The number of fused-ring (bicyclic) bond motifs is 1. The number of likely N-dealkylation sites (tertiary alicyclic amines) is 1. The minimum atomic E-state index is -0.897. The molecule has 152 valence electrons. The molecule has 1 aliphatic heterocycles. The number of aromatic nitrogens is 1. The predicted octanol–water partition coefficient (Wildman–Crippen LogP) is 3.61. The number of aryl methyl sites for hydroxylation is 1. The highest BCUT2D eigenvalue weighted by Gasteiger charge is 2.36. The molecule has 1 saturated heterocycles. The van der Waals surface area contributed by atoms with Crippen molar-refractivity contribution in [2.45, 2.75) is 38.0 Å². The fraction of sp³-hybridized carbons (Fsp3) is 0.375. The van der Waals surface area contributed by atoms with Crippen LogP contribution in [0.2, 0.25) is 0 Å². The van der Waals surface area contributed by atoms with E-state index in [1.165, 1.54) is 5.56 Å². The van der Waals surface area contributed by atoms with Gasteiger partial charge in [-0.1, -0.05) is 35.9 Å². The molecule has 29 heavy (non-hydrogen) atoms. The summed E-state index contributed by atoms with van der Waals surface area (Å²) >= 11 is 0. The summed E-state index contributed by atoms with van der Waals surface area (Å²) < 4.78 is 5.73. The van der Waals surface area contributed by atoms with Gasteiger partial charge in [0.2, 0.25) is 0 Å². The van der Waals surface area contributed by atoms with Gasteiger partial charge in [0.15, 0.2) is 0 Å². The Bertz CT molecular complexity index is 950. The van der Waals surface area contributed by atoms with Gasteiger partial charge in [0.05, 0.1) is 17.7 Å². The predicted molar refractivity (Wildman–Crippen MR) is 114 cm³/mol. The molecule has 4 rings (SSSR count). The van der Waals surface area contributed by atoms with Crippen LogP contribution >= 0.6 is 0 Å². The van der Waals surface area contributed by atoms with Gasteiger partial charge in [0.1, 0.15) is 12.0 Å². The molecule has 0 spiro atoms. The third-order valence-corrected chi connectivity index (χ3v) is 5.84. The highest BCUT2D eigenvalue weighted by atomic mass is 16.5. The van der Waals surface area contributed by atoms with Gasteiger partial charge in [-0.25, -0.2) is 0 Å². The Labute approximate surface area is 171 Å². The van der Waals surface area contributed by atoms with Crippen LogP contribution in [0.1, 0.15) is 30.4 Å². The fourth-order valence-electron chi connectivity index (χ4n) is 3.91. The van der Waals surface area contributed by atoms with E-state index >= 15 is 0 Å². The topological polar surface area (TPSA) is 65.8 Å². The van der Waals surface area contributed by atoms with Gasteiger partial charge < -0.3 is 14.9 Å². The SMILES string of the molecule is Cc1ccc(OCC[C@H](O)N2CCC(O)(c3cnc4ccccc4c3)CC2)cc1. The van der Waals surface area contributed by atoms with E-state index in [2.05, 4.69) is 4.98 Å². The highest BCUT2D eigenvalue weighted by Crippen LogP contribution is 2.34. The second-order valence-corrected chi connectivity index (χ2v) is 7.92. The first-order valence-corrected chi connectivity index (χ1v) is 10.2. The maximum absolute atomic E-state index is 11.2. The maximum atomic E-state index is 11.2. The van der Waals surface area contributed by atoms with E-state index in [9.17, 15) is 10.2 Å². The molecule has 0 unspecified atom stereocenters. The number of para-hydroxylation sites is 1. The average molecular weight is 392 g/mol. The first kappa shape index (κ1) is 19.8. The van der Waals surface area contributed by atoms with Crippen LogP contribution in [0.15, 0.2) is 60.8 Å². The van der Waals surface area contributed by atoms with E-state index in [0.29, 0.717) is 39.0 Å². The van der Waals surface area contributed by atoms with Gasteiger partial charge in [-0.15, -0.1) is 0 Å². The zero-order valence-corrected chi connectivity index (χ0v) is 16.8. The number of nitrogens with zero attached hydrogens (tertiary/aromatic N) is 2. The molecule has 0 saturated carbocycles. The molecule has 1 fully saturated rings. The Morgan fingerprint density at radius 1 is 1.10 bits per heavy atom. The number of aliphatic hydroxyl groups is 2. The van der Waals surface area contributed by atoms with Crippen LogP contribution in [-0.4, -0.2) is 46.0 Å². The number of ether oxygens (including phenoxy) is 1. The molecule has 0 aliphatic carbocycles. The van der Waals surface area contributed by atoms with Crippen LogP contribution in [0.4, 0.5) is 0 Å². The van der Waals surface area contributed by atoms with Crippen molar-refractivity contribution in [2.75, 3.05) is 19.7 Å². The van der Waals surface area contributed by atoms with Crippen molar-refractivity contribution in [1.82, 2.24) is 9.88 Å². The second kappa shape index (κ2) is 8.49. The summed E-state index contributed by atoms with van der Waals surface area (Å²) in [6.45, 7) is 3.77. The van der Waals surface area contributed by atoms with Crippen LogP contribution in [-0.2, 0) is 5.60 Å². The normalized spacial score (nSPS) is 17.9. The first-order chi connectivity index (χ1) is 14.0. The molecule has 0 bridgehead atoms. The Balaban J connectivity index is 1.31. The third kappa shape index (κ3) is 4.58. The molecular formula is C24H28N2O3. The number of piperidine rings is 1. The van der Waals surface area contributed by atoms with E-state index in [1.807, 2.05) is 66.4 Å². The molecule has 2 N–H and O–H groups in total. The fourth-order valence-corrected chi connectivity index (χ4v) is 3.91. The molecule has 3 aromatic rings. The average Bonchev–Trinajstić information content (AvgIpc) is 2.75. The van der Waals surface area contributed by atoms with Crippen molar-refractivity contribution in [2.24, 2.45) is 0 Å². The van der Waals surface area contributed by atoms with Gasteiger partial charge in [-0.3, -0.25) is 9.88 Å². The van der Waals surface area contributed by atoms with Crippen LogP contribution in [0.5, 0.6) is 5.75 Å². The molecular weight excluding hydrogens is 364 g/mol. The summed E-state index contributed by atoms with van der Waals surface area (Å²) in [5.41, 5.74) is 2.08. The molecule has 2 heterocycles. The van der Waals surface area contributed by atoms with E-state index in [4.69, 9.17) is 4.74 Å². The van der Waals surface area contributed by atoms with Gasteiger partial charge in [0.25, 0.3) is 0 Å². The zero-order chi connectivity index (χ0) is 20.3. The molecule has 1 atom stereocenters. The first-order valence-electron chi connectivity index (χ1n) is 10.2. The Morgan fingerprint density at radius 2 is 1.83 bits per heavy atom. The minimum Gasteiger partial charge on any atom is -0.493 e. The lowest BCUT2D eigenvalue weighted by atomic mass is 9.84. The number of pyridine rings is 1. The summed E-state index contributed by atoms with van der Waals surface area (Å²) in [6, 6.07) is 17.9. The second-order valence-electron chi connectivity index (χ2n) is 7.92. The molecule has 2 aromatic carbocycles. The van der Waals surface area contributed by atoms with Crippen molar-refractivity contribution in [3.63, 3.8) is 0 Å². The summed E-state index contributed by atoms with van der Waals surface area (Å²) in [7, 11) is 0. The van der Waals surface area contributed by atoms with Crippen LogP contribution in [0.3, 0.4) is 0 Å². The highest BCUT2D eigenvalue weighted by molar-refractivity contribution is 5.78. The van der Waals surface area contributed by atoms with Crippen LogP contribution < -0.4 is 4.74 Å². The quantitative estimate of drug-likeness (QED) is 0.671. The third-order valence-electron chi connectivity index (χ3n) is 5.84. The molecule has 5 nitrogen and oxygen atoms in total. The van der Waals surface area contributed by atoms with Gasteiger partial charge in [-0.05, 0) is 44.0 Å². The minimum absolute atomic E-state index is 0.458. The summed E-state index contributed by atoms with van der Waals surface area (Å²) in [5, 5.41) is 22.7. The molecule has 0 amide bonds. The Kier molecular flexibility index (Phi) is 5.81. The number of rotatable bonds is 6. The number of hydrogen-bond donors (Lipinski definition) is 2. The number of hydrogen-bond acceptors (Lipinski definition) is 5. The van der Waals surface area contributed by atoms with Crippen molar-refractivity contribution >= 4 is 10.9 Å². The molecule has 1 aromatic heterocycles. The van der Waals surface area contributed by atoms with Crippen molar-refractivity contribution in [3.05, 3.63) is 71.9 Å². The van der Waals surface area contributed by atoms with Crippen molar-refractivity contribution in [3.8, 4) is 5.75 Å².